The Balaban J connectivity index is 2.26. The lowest BCUT2D eigenvalue weighted by Gasteiger charge is -2.27. The number of nitrogens with two attached hydrogens (primary N) is 1. The summed E-state index contributed by atoms with van der Waals surface area (Å²) in [6.07, 6.45) is 0. The van der Waals surface area contributed by atoms with Crippen LogP contribution in [0, 0.1) is 10.1 Å². The summed E-state index contributed by atoms with van der Waals surface area (Å²) in [4.78, 5) is 21.6. The van der Waals surface area contributed by atoms with E-state index in [1.54, 1.807) is 5.01 Å². The minimum atomic E-state index is -0.625. The summed E-state index contributed by atoms with van der Waals surface area (Å²) < 4.78 is 5.19. The van der Waals surface area contributed by atoms with E-state index in [4.69, 9.17) is 10.5 Å². The van der Waals surface area contributed by atoms with Crippen LogP contribution in [-0.2, 0) is 4.74 Å². The van der Waals surface area contributed by atoms with E-state index in [1.807, 2.05) is 0 Å². The van der Waals surface area contributed by atoms with Crippen molar-refractivity contribution in [3.05, 3.63) is 33.9 Å². The average Bonchev–Trinajstić information content (AvgIpc) is 2.39. The summed E-state index contributed by atoms with van der Waals surface area (Å²) in [5.41, 5.74) is 8.48. The molecule has 1 saturated heterocycles. The van der Waals surface area contributed by atoms with Gasteiger partial charge in [-0.25, -0.2) is 5.01 Å². The van der Waals surface area contributed by atoms with Crippen molar-refractivity contribution in [2.45, 2.75) is 0 Å². The van der Waals surface area contributed by atoms with Crippen molar-refractivity contribution in [3.8, 4) is 0 Å². The van der Waals surface area contributed by atoms with E-state index >= 15 is 0 Å². The largest absolute Gasteiger partial charge is 0.379 e. The van der Waals surface area contributed by atoms with E-state index in [1.165, 1.54) is 18.2 Å². The third-order valence-electron chi connectivity index (χ3n) is 2.77. The van der Waals surface area contributed by atoms with Gasteiger partial charge in [0.05, 0.1) is 18.1 Å². The van der Waals surface area contributed by atoms with Crippen molar-refractivity contribution in [3.63, 3.8) is 0 Å². The molecule has 0 bridgehead atoms. The second kappa shape index (κ2) is 5.63. The van der Waals surface area contributed by atoms with Crippen molar-refractivity contribution in [1.29, 1.82) is 0 Å². The zero-order valence-electron chi connectivity index (χ0n) is 10.2. The Kier molecular flexibility index (Phi) is 3.93. The smallest absolute Gasteiger partial charge is 0.293 e. The van der Waals surface area contributed by atoms with Crippen molar-refractivity contribution in [2.75, 3.05) is 31.7 Å². The molecule has 0 saturated carbocycles. The molecule has 8 heteroatoms. The number of benzene rings is 1. The molecule has 1 amide bonds. The highest BCUT2D eigenvalue weighted by Gasteiger charge is 2.19. The number of nitro benzene ring substituents is 1. The number of nitrogens with zero attached hydrogens (tertiary/aromatic N) is 2. The van der Waals surface area contributed by atoms with E-state index in [0.717, 1.165) is 0 Å². The first-order valence-corrected chi connectivity index (χ1v) is 5.75. The predicted octanol–water partition coefficient (Wildman–Crippen LogP) is 0.353. The molecule has 8 nitrogen and oxygen atoms in total. The van der Waals surface area contributed by atoms with Gasteiger partial charge in [0, 0.05) is 24.7 Å². The molecule has 1 fully saturated rings. The molecule has 102 valence electrons. The first-order valence-electron chi connectivity index (χ1n) is 5.75. The summed E-state index contributed by atoms with van der Waals surface area (Å²) in [5, 5.41) is 12.8. The molecular weight excluding hydrogens is 252 g/mol. The highest BCUT2D eigenvalue weighted by atomic mass is 16.6. The molecule has 1 aromatic rings. The van der Waals surface area contributed by atoms with Crippen LogP contribution in [-0.4, -0.2) is 42.1 Å². The van der Waals surface area contributed by atoms with Gasteiger partial charge in [0.25, 0.3) is 5.69 Å². The van der Waals surface area contributed by atoms with Crippen LogP contribution in [0.15, 0.2) is 18.2 Å². The van der Waals surface area contributed by atoms with Crippen LogP contribution in [0.25, 0.3) is 0 Å². The molecule has 0 unspecified atom stereocenters. The van der Waals surface area contributed by atoms with Crippen LogP contribution >= 0.6 is 0 Å². The second-order valence-electron chi connectivity index (χ2n) is 4.06. The quantitative estimate of drug-likeness (QED) is 0.601. The number of ether oxygens (including phenoxy) is 1. The number of nitro groups is 1. The lowest BCUT2D eigenvalue weighted by Crippen LogP contribution is -2.40. The predicted molar refractivity (Wildman–Crippen MR) is 67.6 cm³/mol. The topological polar surface area (TPSA) is 111 Å². The Hall–Kier alpha value is -2.19. The lowest BCUT2D eigenvalue weighted by molar-refractivity contribution is -0.384. The molecular formula is C11H14N4O4. The van der Waals surface area contributed by atoms with Crippen molar-refractivity contribution in [1.82, 2.24) is 5.01 Å². The summed E-state index contributed by atoms with van der Waals surface area (Å²) in [5.74, 6) is -0.625. The molecule has 0 aliphatic carbocycles. The molecule has 1 aliphatic rings. The van der Waals surface area contributed by atoms with E-state index in [0.29, 0.717) is 26.3 Å². The highest BCUT2D eigenvalue weighted by molar-refractivity contribution is 5.94. The Morgan fingerprint density at radius 3 is 2.68 bits per heavy atom. The number of hydrogen-bond donors (Lipinski definition) is 2. The van der Waals surface area contributed by atoms with Gasteiger partial charge in [0.2, 0.25) is 5.91 Å². The van der Waals surface area contributed by atoms with Gasteiger partial charge in [-0.1, -0.05) is 0 Å². The highest BCUT2D eigenvalue weighted by Crippen LogP contribution is 2.26. The van der Waals surface area contributed by atoms with Gasteiger partial charge in [0.15, 0.2) is 0 Å². The van der Waals surface area contributed by atoms with Crippen molar-refractivity contribution >= 4 is 17.3 Å². The molecule has 1 heterocycles. The SMILES string of the molecule is NC(=O)c1ccc([N+](=O)[O-])c(NN2CCOCC2)c1. The number of carbonyl (C=O) groups is 1. The molecule has 1 aliphatic heterocycles. The van der Waals surface area contributed by atoms with Gasteiger partial charge >= 0.3 is 0 Å². The van der Waals surface area contributed by atoms with Crippen LogP contribution in [0.2, 0.25) is 0 Å². The molecule has 3 N–H and O–H groups in total. The molecule has 1 aromatic carbocycles. The first kappa shape index (κ1) is 13.2. The Labute approximate surface area is 109 Å². The van der Waals surface area contributed by atoms with Gasteiger partial charge in [-0.05, 0) is 12.1 Å². The number of rotatable bonds is 4. The number of amides is 1. The van der Waals surface area contributed by atoms with E-state index in [-0.39, 0.29) is 16.9 Å². The van der Waals surface area contributed by atoms with Gasteiger partial charge < -0.3 is 15.9 Å². The standard InChI is InChI=1S/C11H14N4O4/c12-11(16)8-1-2-10(15(17)18)9(7-8)13-14-3-5-19-6-4-14/h1-2,7,13H,3-6H2,(H2,12,16). The van der Waals surface area contributed by atoms with Crippen LogP contribution < -0.4 is 11.2 Å². The molecule has 0 atom stereocenters. The maximum Gasteiger partial charge on any atom is 0.293 e. The first-order chi connectivity index (χ1) is 9.08. The number of hydrazine groups is 1. The molecule has 0 aromatic heterocycles. The van der Waals surface area contributed by atoms with E-state index < -0.39 is 10.8 Å². The maximum atomic E-state index is 11.1. The zero-order chi connectivity index (χ0) is 13.8. The Bertz CT molecular complexity index is 499. The number of morpholine rings is 1. The third-order valence-corrected chi connectivity index (χ3v) is 2.77. The fourth-order valence-electron chi connectivity index (χ4n) is 1.78. The normalized spacial score (nSPS) is 16.0. The third kappa shape index (κ3) is 3.18. The van der Waals surface area contributed by atoms with Crippen molar-refractivity contribution in [2.24, 2.45) is 5.73 Å². The lowest BCUT2D eigenvalue weighted by atomic mass is 10.1. The molecule has 2 rings (SSSR count). The summed E-state index contributed by atoms with van der Waals surface area (Å²) in [7, 11) is 0. The number of primary amides is 1. The molecule has 0 radical (unpaired) electrons. The van der Waals surface area contributed by atoms with Crippen molar-refractivity contribution < 1.29 is 14.5 Å². The average molecular weight is 266 g/mol. The summed E-state index contributed by atoms with van der Waals surface area (Å²) in [6, 6.07) is 3.99. The number of hydrogen-bond acceptors (Lipinski definition) is 6. The second-order valence-corrected chi connectivity index (χ2v) is 4.06. The molecule has 0 spiro atoms. The fraction of sp³-hybridized carbons (Fsp3) is 0.364. The Morgan fingerprint density at radius 2 is 2.11 bits per heavy atom. The van der Waals surface area contributed by atoms with Gasteiger partial charge in [-0.2, -0.15) is 0 Å². The number of anilines is 1. The van der Waals surface area contributed by atoms with Crippen LogP contribution in [0.4, 0.5) is 11.4 Å². The van der Waals surface area contributed by atoms with Gasteiger partial charge in [-0.3, -0.25) is 14.9 Å². The fourth-order valence-corrected chi connectivity index (χ4v) is 1.78. The van der Waals surface area contributed by atoms with Crippen LogP contribution in [0.1, 0.15) is 10.4 Å². The minimum Gasteiger partial charge on any atom is -0.379 e. The zero-order valence-corrected chi connectivity index (χ0v) is 10.2. The van der Waals surface area contributed by atoms with E-state index in [9.17, 15) is 14.9 Å². The summed E-state index contributed by atoms with van der Waals surface area (Å²) in [6.45, 7) is 2.32. The van der Waals surface area contributed by atoms with Gasteiger partial charge in [0.1, 0.15) is 5.69 Å². The minimum absolute atomic E-state index is 0.100. The molecule has 19 heavy (non-hydrogen) atoms. The maximum absolute atomic E-state index is 11.1. The van der Waals surface area contributed by atoms with Crippen LogP contribution in [0.5, 0.6) is 0 Å². The monoisotopic (exact) mass is 266 g/mol. The number of nitrogens with one attached hydrogen (secondary N) is 1. The van der Waals surface area contributed by atoms with Crippen LogP contribution in [0.3, 0.4) is 0 Å². The summed E-state index contributed by atoms with van der Waals surface area (Å²) >= 11 is 0. The number of carbonyl (C=O) groups excluding carboxylic acids is 1. The van der Waals surface area contributed by atoms with E-state index in [2.05, 4.69) is 5.43 Å². The van der Waals surface area contributed by atoms with Gasteiger partial charge in [-0.15, -0.1) is 0 Å². The Morgan fingerprint density at radius 1 is 1.42 bits per heavy atom.